The SMILES string of the molecule is COc1ccc(Cn2c(C(C)(F)F)nc3sc([S+](C)[O-])nc3c2=O)c(OC)c1. The fraction of sp³-hybridized carbons (Fsp3) is 0.353. The van der Waals surface area contributed by atoms with E-state index >= 15 is 0 Å². The number of thiazole rings is 1. The summed E-state index contributed by atoms with van der Waals surface area (Å²) in [6.45, 7) is 0.470. The van der Waals surface area contributed by atoms with Gasteiger partial charge in [-0.15, -0.1) is 0 Å². The Labute approximate surface area is 166 Å². The third-order valence-corrected chi connectivity index (χ3v) is 6.24. The van der Waals surface area contributed by atoms with E-state index in [1.54, 1.807) is 18.2 Å². The van der Waals surface area contributed by atoms with E-state index in [0.717, 1.165) is 15.9 Å². The molecule has 0 aliphatic rings. The van der Waals surface area contributed by atoms with E-state index in [2.05, 4.69) is 9.97 Å². The Morgan fingerprint density at radius 2 is 2.00 bits per heavy atom. The molecular formula is C17H17F2N3O4S2. The molecule has 0 aliphatic heterocycles. The van der Waals surface area contributed by atoms with Crippen LogP contribution >= 0.6 is 11.3 Å². The Morgan fingerprint density at radius 1 is 1.29 bits per heavy atom. The van der Waals surface area contributed by atoms with Gasteiger partial charge < -0.3 is 14.0 Å². The molecule has 0 bridgehead atoms. The Balaban J connectivity index is 2.22. The Morgan fingerprint density at radius 3 is 2.57 bits per heavy atom. The van der Waals surface area contributed by atoms with Gasteiger partial charge in [0.25, 0.3) is 5.56 Å². The number of halogens is 2. The maximum atomic E-state index is 14.2. The van der Waals surface area contributed by atoms with Gasteiger partial charge in [0.1, 0.15) is 17.8 Å². The Kier molecular flexibility index (Phi) is 5.60. The highest BCUT2D eigenvalue weighted by molar-refractivity contribution is 7.92. The molecule has 0 N–H and O–H groups in total. The van der Waals surface area contributed by atoms with Gasteiger partial charge in [-0.3, -0.25) is 9.36 Å². The number of fused-ring (bicyclic) bond motifs is 1. The first-order valence-electron chi connectivity index (χ1n) is 7.99. The highest BCUT2D eigenvalue weighted by atomic mass is 32.2. The normalized spacial score (nSPS) is 13.0. The zero-order valence-corrected chi connectivity index (χ0v) is 17.1. The molecule has 1 atom stereocenters. The van der Waals surface area contributed by atoms with Gasteiger partial charge in [0, 0.05) is 29.7 Å². The highest BCUT2D eigenvalue weighted by Gasteiger charge is 2.33. The summed E-state index contributed by atoms with van der Waals surface area (Å²) in [6.07, 6.45) is 1.40. The van der Waals surface area contributed by atoms with Crippen molar-refractivity contribution >= 4 is 32.9 Å². The summed E-state index contributed by atoms with van der Waals surface area (Å²) in [6, 6.07) is 4.86. The van der Waals surface area contributed by atoms with Crippen molar-refractivity contribution in [1.82, 2.24) is 14.5 Å². The number of alkyl halides is 2. The van der Waals surface area contributed by atoms with Gasteiger partial charge in [-0.1, -0.05) is 0 Å². The van der Waals surface area contributed by atoms with Gasteiger partial charge in [0.2, 0.25) is 0 Å². The van der Waals surface area contributed by atoms with E-state index in [1.807, 2.05) is 0 Å². The monoisotopic (exact) mass is 429 g/mol. The molecule has 2 aromatic heterocycles. The molecule has 3 rings (SSSR count). The molecule has 1 unspecified atom stereocenters. The Bertz CT molecular complexity index is 1080. The van der Waals surface area contributed by atoms with E-state index in [0.29, 0.717) is 24.0 Å². The van der Waals surface area contributed by atoms with Crippen LogP contribution in [0.4, 0.5) is 8.78 Å². The first-order chi connectivity index (χ1) is 13.2. The number of hydrogen-bond acceptors (Lipinski definition) is 7. The van der Waals surface area contributed by atoms with Gasteiger partial charge in [-0.05, 0) is 23.5 Å². The smallest absolute Gasteiger partial charge is 0.304 e. The number of nitrogens with zero attached hydrogens (tertiary/aromatic N) is 3. The van der Waals surface area contributed by atoms with E-state index < -0.39 is 28.5 Å². The molecule has 0 amide bonds. The molecule has 0 aliphatic carbocycles. The lowest BCUT2D eigenvalue weighted by atomic mass is 10.1. The number of rotatable bonds is 6. The minimum atomic E-state index is -3.37. The van der Waals surface area contributed by atoms with Crippen LogP contribution in [0, 0.1) is 0 Å². The molecule has 0 spiro atoms. The lowest BCUT2D eigenvalue weighted by Crippen LogP contribution is -2.31. The molecule has 0 saturated heterocycles. The summed E-state index contributed by atoms with van der Waals surface area (Å²) in [4.78, 5) is 21.0. The summed E-state index contributed by atoms with van der Waals surface area (Å²) >= 11 is -0.586. The topological polar surface area (TPSA) is 89.3 Å². The second-order valence-electron chi connectivity index (χ2n) is 5.98. The third kappa shape index (κ3) is 3.82. The number of ether oxygens (including phenoxy) is 2. The minimum absolute atomic E-state index is 0.0321. The zero-order chi connectivity index (χ0) is 20.6. The van der Waals surface area contributed by atoms with Crippen molar-refractivity contribution in [2.24, 2.45) is 0 Å². The molecule has 2 heterocycles. The Hall–Kier alpha value is -2.24. The van der Waals surface area contributed by atoms with Crippen LogP contribution in [0.3, 0.4) is 0 Å². The molecule has 28 heavy (non-hydrogen) atoms. The van der Waals surface area contributed by atoms with Crippen LogP contribution in [0.5, 0.6) is 11.5 Å². The van der Waals surface area contributed by atoms with Crippen molar-refractivity contribution in [1.29, 1.82) is 0 Å². The predicted octanol–water partition coefficient (Wildman–Crippen LogP) is 2.77. The third-order valence-electron chi connectivity index (χ3n) is 3.96. The summed E-state index contributed by atoms with van der Waals surface area (Å²) in [5.41, 5.74) is -0.324. The van der Waals surface area contributed by atoms with Crippen LogP contribution < -0.4 is 15.0 Å². The molecule has 0 fully saturated rings. The summed E-state index contributed by atoms with van der Waals surface area (Å²) < 4.78 is 51.6. The van der Waals surface area contributed by atoms with Crippen molar-refractivity contribution in [2.75, 3.05) is 20.5 Å². The number of aromatic nitrogens is 3. The first kappa shape index (κ1) is 20.5. The predicted molar refractivity (Wildman–Crippen MR) is 102 cm³/mol. The lowest BCUT2D eigenvalue weighted by molar-refractivity contribution is 0.00329. The fourth-order valence-electron chi connectivity index (χ4n) is 2.65. The maximum Gasteiger partial charge on any atom is 0.304 e. The molecule has 11 heteroatoms. The highest BCUT2D eigenvalue weighted by Crippen LogP contribution is 2.31. The van der Waals surface area contributed by atoms with E-state index in [-0.39, 0.29) is 21.2 Å². The van der Waals surface area contributed by atoms with Gasteiger partial charge in [0.05, 0.1) is 20.8 Å². The van der Waals surface area contributed by atoms with Gasteiger partial charge >= 0.3 is 10.3 Å². The fourth-order valence-corrected chi connectivity index (χ4v) is 4.24. The van der Waals surface area contributed by atoms with Crippen LogP contribution in [0.1, 0.15) is 18.3 Å². The van der Waals surface area contributed by atoms with E-state index in [4.69, 9.17) is 9.47 Å². The molecule has 1 aromatic carbocycles. The van der Waals surface area contributed by atoms with Crippen LogP contribution in [-0.2, 0) is 23.6 Å². The van der Waals surface area contributed by atoms with Crippen molar-refractivity contribution in [2.45, 2.75) is 23.7 Å². The average molecular weight is 429 g/mol. The van der Waals surface area contributed by atoms with Gasteiger partial charge in [-0.2, -0.15) is 13.8 Å². The van der Waals surface area contributed by atoms with E-state index in [9.17, 15) is 18.1 Å². The quantitative estimate of drug-likeness (QED) is 0.560. The van der Waals surface area contributed by atoms with Gasteiger partial charge in [-0.25, -0.2) is 4.98 Å². The number of hydrogen-bond donors (Lipinski definition) is 0. The lowest BCUT2D eigenvalue weighted by Gasteiger charge is -2.18. The zero-order valence-electron chi connectivity index (χ0n) is 15.5. The number of benzene rings is 1. The van der Waals surface area contributed by atoms with E-state index in [1.165, 1.54) is 20.5 Å². The van der Waals surface area contributed by atoms with Crippen LogP contribution in [0.25, 0.3) is 10.3 Å². The summed E-state index contributed by atoms with van der Waals surface area (Å²) in [7, 11) is 2.92. The molecule has 0 saturated carbocycles. The molecule has 7 nitrogen and oxygen atoms in total. The second kappa shape index (κ2) is 7.64. The molecule has 0 radical (unpaired) electrons. The summed E-state index contributed by atoms with van der Waals surface area (Å²) in [5, 5.41) is 0. The molecule has 150 valence electrons. The number of methoxy groups -OCH3 is 2. The average Bonchev–Trinajstić information content (AvgIpc) is 3.08. The minimum Gasteiger partial charge on any atom is -0.610 e. The largest absolute Gasteiger partial charge is 0.610 e. The van der Waals surface area contributed by atoms with Gasteiger partial charge in [0.15, 0.2) is 16.2 Å². The van der Waals surface area contributed by atoms with Crippen molar-refractivity contribution in [3.05, 3.63) is 39.9 Å². The van der Waals surface area contributed by atoms with Crippen molar-refractivity contribution < 1.29 is 22.8 Å². The summed E-state index contributed by atoms with van der Waals surface area (Å²) in [5.74, 6) is -3.16. The van der Waals surface area contributed by atoms with Crippen LogP contribution in [0.2, 0.25) is 0 Å². The maximum absolute atomic E-state index is 14.2. The first-order valence-corrected chi connectivity index (χ1v) is 10.4. The van der Waals surface area contributed by atoms with Crippen LogP contribution in [-0.4, -0.2) is 39.6 Å². The standard InChI is InChI=1S/C17H17F2N3O4S2/c1-17(18,19)15-21-13-12(20-16(27-13)28(4)24)14(23)22(15)8-9-5-6-10(25-2)7-11(9)26-3/h5-7H,8H2,1-4H3. The van der Waals surface area contributed by atoms with Crippen molar-refractivity contribution in [3.8, 4) is 11.5 Å². The van der Waals surface area contributed by atoms with Crippen LogP contribution in [0.15, 0.2) is 27.3 Å². The second-order valence-corrected chi connectivity index (χ2v) is 8.51. The molecular weight excluding hydrogens is 412 g/mol. The van der Waals surface area contributed by atoms with Crippen molar-refractivity contribution in [3.63, 3.8) is 0 Å². The molecule has 3 aromatic rings.